The van der Waals surface area contributed by atoms with E-state index in [4.69, 9.17) is 15.2 Å². The van der Waals surface area contributed by atoms with Crippen LogP contribution in [0.15, 0.2) is 54.6 Å². The topological polar surface area (TPSA) is 111 Å². The number of imide groups is 1. The predicted molar refractivity (Wildman–Crippen MR) is 117 cm³/mol. The summed E-state index contributed by atoms with van der Waals surface area (Å²) in [4.78, 5) is 37.9. The highest BCUT2D eigenvalue weighted by atomic mass is 16.5. The van der Waals surface area contributed by atoms with Crippen molar-refractivity contribution in [3.63, 3.8) is 0 Å². The third-order valence-electron chi connectivity index (χ3n) is 4.39. The molecule has 8 heteroatoms. The molecule has 0 aliphatic heterocycles. The monoisotopic (exact) mass is 427 g/mol. The number of nitrogens with zero attached hydrogens (tertiary/aromatic N) is 1. The molecule has 2 rings (SSSR count). The first kappa shape index (κ1) is 24.0. The standard InChI is InChI=1S/C23H29N3O5/c1-26(2)12-13-30-19-10-8-17(9-11-19)14-20(24)21(27)15-22(28)25-23(29)31-16-18-6-4-3-5-7-18/h3-11,20H,12-16,24H2,1-2H3,(H,25,28,29)/t20-/m0/s1. The quantitative estimate of drug-likeness (QED) is 0.527. The molecule has 0 radical (unpaired) electrons. The van der Waals surface area contributed by atoms with Gasteiger partial charge in [-0.05, 0) is 43.8 Å². The maximum absolute atomic E-state index is 12.2. The summed E-state index contributed by atoms with van der Waals surface area (Å²) >= 11 is 0. The molecule has 31 heavy (non-hydrogen) atoms. The summed E-state index contributed by atoms with van der Waals surface area (Å²) in [5.41, 5.74) is 7.57. The van der Waals surface area contributed by atoms with Crippen molar-refractivity contribution < 1.29 is 23.9 Å². The number of benzene rings is 2. The fourth-order valence-corrected chi connectivity index (χ4v) is 2.64. The van der Waals surface area contributed by atoms with Gasteiger partial charge in [-0.2, -0.15) is 0 Å². The third-order valence-corrected chi connectivity index (χ3v) is 4.39. The summed E-state index contributed by atoms with van der Waals surface area (Å²) in [6.45, 7) is 1.42. The van der Waals surface area contributed by atoms with E-state index in [0.29, 0.717) is 6.61 Å². The molecule has 2 aromatic rings. The number of ether oxygens (including phenoxy) is 2. The lowest BCUT2D eigenvalue weighted by molar-refractivity contribution is -0.128. The minimum absolute atomic E-state index is 0.0300. The van der Waals surface area contributed by atoms with E-state index in [2.05, 4.69) is 0 Å². The van der Waals surface area contributed by atoms with Gasteiger partial charge >= 0.3 is 6.09 Å². The van der Waals surface area contributed by atoms with Gasteiger partial charge in [0, 0.05) is 6.54 Å². The lowest BCUT2D eigenvalue weighted by Crippen LogP contribution is -2.38. The Labute approximate surface area is 182 Å². The normalized spacial score (nSPS) is 11.6. The first-order valence-corrected chi connectivity index (χ1v) is 9.99. The van der Waals surface area contributed by atoms with Crippen molar-refractivity contribution in [2.24, 2.45) is 5.73 Å². The number of carbonyl (C=O) groups excluding carboxylic acids is 3. The molecule has 1 atom stereocenters. The molecule has 2 amide bonds. The first-order valence-electron chi connectivity index (χ1n) is 9.99. The number of alkyl carbamates (subject to hydrolysis) is 1. The number of hydrogen-bond acceptors (Lipinski definition) is 7. The zero-order valence-electron chi connectivity index (χ0n) is 17.9. The summed E-state index contributed by atoms with van der Waals surface area (Å²) in [5, 5.41) is 2.04. The highest BCUT2D eigenvalue weighted by molar-refractivity contribution is 6.05. The molecule has 0 heterocycles. The van der Waals surface area contributed by atoms with E-state index < -0.39 is 30.2 Å². The molecular formula is C23H29N3O5. The maximum atomic E-state index is 12.2. The lowest BCUT2D eigenvalue weighted by Gasteiger charge is -2.13. The van der Waals surface area contributed by atoms with Crippen LogP contribution in [0.1, 0.15) is 17.5 Å². The number of nitrogens with one attached hydrogen (secondary N) is 1. The van der Waals surface area contributed by atoms with Gasteiger partial charge in [-0.1, -0.05) is 42.5 Å². The highest BCUT2D eigenvalue weighted by Gasteiger charge is 2.19. The third kappa shape index (κ3) is 9.41. The first-order chi connectivity index (χ1) is 14.8. The number of likely N-dealkylation sites (N-methyl/N-ethyl adjacent to an activating group) is 1. The Kier molecular flexibility index (Phi) is 9.67. The van der Waals surface area contributed by atoms with Crippen LogP contribution in [0.25, 0.3) is 0 Å². The molecular weight excluding hydrogens is 398 g/mol. The van der Waals surface area contributed by atoms with Gasteiger partial charge in [0.15, 0.2) is 5.78 Å². The van der Waals surface area contributed by atoms with E-state index in [1.807, 2.05) is 66.8 Å². The average Bonchev–Trinajstić information content (AvgIpc) is 2.74. The molecule has 3 N–H and O–H groups in total. The molecule has 0 saturated carbocycles. The molecule has 0 fully saturated rings. The van der Waals surface area contributed by atoms with E-state index >= 15 is 0 Å². The largest absolute Gasteiger partial charge is 0.492 e. The Hall–Kier alpha value is -3.23. The maximum Gasteiger partial charge on any atom is 0.414 e. The van der Waals surface area contributed by atoms with Crippen LogP contribution in [-0.2, 0) is 27.4 Å². The van der Waals surface area contributed by atoms with E-state index in [9.17, 15) is 14.4 Å². The van der Waals surface area contributed by atoms with Crippen molar-refractivity contribution in [3.05, 3.63) is 65.7 Å². The summed E-state index contributed by atoms with van der Waals surface area (Å²) < 4.78 is 10.6. The average molecular weight is 428 g/mol. The second kappa shape index (κ2) is 12.5. The number of ketones is 1. The number of amides is 2. The van der Waals surface area contributed by atoms with Crippen LogP contribution < -0.4 is 15.8 Å². The number of nitrogens with two attached hydrogens (primary N) is 1. The fourth-order valence-electron chi connectivity index (χ4n) is 2.64. The van der Waals surface area contributed by atoms with E-state index in [-0.39, 0.29) is 13.0 Å². The fraction of sp³-hybridized carbons (Fsp3) is 0.348. The molecule has 0 aliphatic carbocycles. The van der Waals surface area contributed by atoms with Crippen LogP contribution in [0.5, 0.6) is 5.75 Å². The van der Waals surface area contributed by atoms with Gasteiger partial charge in [0.2, 0.25) is 5.91 Å². The molecule has 0 aromatic heterocycles. The molecule has 0 saturated heterocycles. The second-order valence-electron chi connectivity index (χ2n) is 7.36. The number of carbonyl (C=O) groups is 3. The van der Waals surface area contributed by atoms with E-state index in [1.54, 1.807) is 12.1 Å². The predicted octanol–water partition coefficient (Wildman–Crippen LogP) is 1.91. The van der Waals surface area contributed by atoms with Crippen LogP contribution in [0, 0.1) is 0 Å². The van der Waals surface area contributed by atoms with Crippen molar-refractivity contribution >= 4 is 17.8 Å². The van der Waals surface area contributed by atoms with Gasteiger partial charge in [0.25, 0.3) is 0 Å². The summed E-state index contributed by atoms with van der Waals surface area (Å²) in [6.07, 6.45) is -1.12. The molecule has 0 bridgehead atoms. The van der Waals surface area contributed by atoms with Gasteiger partial charge in [-0.25, -0.2) is 4.79 Å². The van der Waals surface area contributed by atoms with Crippen LogP contribution >= 0.6 is 0 Å². The smallest absolute Gasteiger partial charge is 0.414 e. The Balaban J connectivity index is 1.71. The lowest BCUT2D eigenvalue weighted by atomic mass is 10.0. The number of hydrogen-bond donors (Lipinski definition) is 2. The van der Waals surface area contributed by atoms with Crippen LogP contribution in [-0.4, -0.2) is 56.0 Å². The van der Waals surface area contributed by atoms with Crippen molar-refractivity contribution in [2.75, 3.05) is 27.2 Å². The molecule has 0 aliphatic rings. The van der Waals surface area contributed by atoms with Crippen molar-refractivity contribution in [3.8, 4) is 5.75 Å². The van der Waals surface area contributed by atoms with Gasteiger partial charge in [-0.15, -0.1) is 0 Å². The van der Waals surface area contributed by atoms with Crippen LogP contribution in [0.2, 0.25) is 0 Å². The van der Waals surface area contributed by atoms with Gasteiger partial charge in [-0.3, -0.25) is 14.9 Å². The van der Waals surface area contributed by atoms with E-state index in [1.165, 1.54) is 0 Å². The minimum atomic E-state index is -0.903. The molecule has 8 nitrogen and oxygen atoms in total. The summed E-state index contributed by atoms with van der Waals surface area (Å²) in [6, 6.07) is 15.5. The molecule has 0 spiro atoms. The van der Waals surface area contributed by atoms with Gasteiger partial charge in [0.05, 0.1) is 12.5 Å². The van der Waals surface area contributed by atoms with Crippen molar-refractivity contribution in [1.29, 1.82) is 0 Å². The summed E-state index contributed by atoms with van der Waals surface area (Å²) in [7, 11) is 3.94. The number of rotatable bonds is 11. The zero-order valence-corrected chi connectivity index (χ0v) is 17.9. The van der Waals surface area contributed by atoms with E-state index in [0.717, 1.165) is 23.4 Å². The van der Waals surface area contributed by atoms with Gasteiger partial charge in [0.1, 0.15) is 19.0 Å². The number of Topliss-reactive ketones (excluding diaryl/α,β-unsaturated/α-hetero) is 1. The van der Waals surface area contributed by atoms with Crippen molar-refractivity contribution in [1.82, 2.24) is 10.2 Å². The Morgan fingerprint density at radius 3 is 2.32 bits per heavy atom. The minimum Gasteiger partial charge on any atom is -0.492 e. The SMILES string of the molecule is CN(C)CCOc1ccc(C[C@H](N)C(=O)CC(=O)NC(=O)OCc2ccccc2)cc1. The Morgan fingerprint density at radius 1 is 1.00 bits per heavy atom. The van der Waals surface area contributed by atoms with Crippen LogP contribution in [0.3, 0.4) is 0 Å². The molecule has 0 unspecified atom stereocenters. The molecule has 166 valence electrons. The Bertz CT molecular complexity index is 853. The second-order valence-corrected chi connectivity index (χ2v) is 7.36. The highest BCUT2D eigenvalue weighted by Crippen LogP contribution is 2.13. The van der Waals surface area contributed by atoms with Crippen molar-refractivity contribution in [2.45, 2.75) is 25.5 Å². The zero-order chi connectivity index (χ0) is 22.6. The van der Waals surface area contributed by atoms with Crippen LogP contribution in [0.4, 0.5) is 4.79 Å². The summed E-state index contributed by atoms with van der Waals surface area (Å²) in [5.74, 6) is -0.471. The Morgan fingerprint density at radius 2 is 1.68 bits per heavy atom. The van der Waals surface area contributed by atoms with Gasteiger partial charge < -0.3 is 20.1 Å². The molecule has 2 aromatic carbocycles.